The van der Waals surface area contributed by atoms with Crippen LogP contribution >= 0.6 is 0 Å². The number of benzene rings is 1. The molecule has 1 saturated carbocycles. The Morgan fingerprint density at radius 2 is 1.89 bits per heavy atom. The van der Waals surface area contributed by atoms with Crippen molar-refractivity contribution in [2.45, 2.75) is 45.6 Å². The summed E-state index contributed by atoms with van der Waals surface area (Å²) in [5, 5.41) is 0. The zero-order valence-corrected chi connectivity index (χ0v) is 11.8. The van der Waals surface area contributed by atoms with Gasteiger partial charge in [0.05, 0.1) is 7.11 Å². The van der Waals surface area contributed by atoms with Crippen molar-refractivity contribution < 1.29 is 4.74 Å². The fraction of sp³-hybridized carbons (Fsp3) is 0.625. The highest BCUT2D eigenvalue weighted by atomic mass is 16.5. The Kier molecular flexibility index (Phi) is 4.28. The minimum Gasteiger partial charge on any atom is -0.496 e. The smallest absolute Gasteiger partial charge is 0.122 e. The molecule has 1 unspecified atom stereocenters. The molecule has 2 rings (SSSR count). The topological polar surface area (TPSA) is 35.2 Å². The van der Waals surface area contributed by atoms with E-state index in [-0.39, 0.29) is 6.04 Å². The van der Waals surface area contributed by atoms with Crippen LogP contribution < -0.4 is 10.5 Å². The van der Waals surface area contributed by atoms with Crippen molar-refractivity contribution in [1.82, 2.24) is 0 Å². The van der Waals surface area contributed by atoms with Crippen LogP contribution in [-0.2, 0) is 0 Å². The zero-order chi connectivity index (χ0) is 13.1. The molecule has 2 nitrogen and oxygen atoms in total. The molecule has 0 amide bonds. The number of hydrogen-bond donors (Lipinski definition) is 1. The van der Waals surface area contributed by atoms with Crippen LogP contribution in [0.15, 0.2) is 18.2 Å². The second-order valence-electron chi connectivity index (χ2n) is 5.77. The molecule has 1 aromatic rings. The quantitative estimate of drug-likeness (QED) is 0.881. The summed E-state index contributed by atoms with van der Waals surface area (Å²) in [6, 6.07) is 6.53. The molecular formula is C16H25NO. The number of methoxy groups -OCH3 is 1. The van der Waals surface area contributed by atoms with Gasteiger partial charge in [0, 0.05) is 6.04 Å². The monoisotopic (exact) mass is 247 g/mol. The van der Waals surface area contributed by atoms with E-state index >= 15 is 0 Å². The van der Waals surface area contributed by atoms with Gasteiger partial charge in [-0.25, -0.2) is 0 Å². The average molecular weight is 247 g/mol. The van der Waals surface area contributed by atoms with Crippen LogP contribution in [0.25, 0.3) is 0 Å². The summed E-state index contributed by atoms with van der Waals surface area (Å²) in [5.41, 5.74) is 8.82. The fourth-order valence-corrected chi connectivity index (χ4v) is 2.96. The molecule has 0 spiro atoms. The van der Waals surface area contributed by atoms with Crippen molar-refractivity contribution in [3.05, 3.63) is 29.3 Å². The lowest BCUT2D eigenvalue weighted by atomic mass is 9.77. The van der Waals surface area contributed by atoms with Gasteiger partial charge in [0.25, 0.3) is 0 Å². The first-order chi connectivity index (χ1) is 8.61. The van der Waals surface area contributed by atoms with E-state index in [4.69, 9.17) is 10.5 Å². The number of aryl methyl sites for hydroxylation is 1. The SMILES string of the molecule is COc1cc(C(N)C2CCC(C)CC2)ccc1C. The van der Waals surface area contributed by atoms with E-state index in [0.29, 0.717) is 5.92 Å². The van der Waals surface area contributed by atoms with E-state index in [1.807, 2.05) is 0 Å². The third-order valence-electron chi connectivity index (χ3n) is 4.39. The molecule has 0 radical (unpaired) electrons. The first-order valence-corrected chi connectivity index (χ1v) is 7.02. The first kappa shape index (κ1) is 13.4. The second kappa shape index (κ2) is 5.75. The van der Waals surface area contributed by atoms with Gasteiger partial charge in [-0.1, -0.05) is 31.9 Å². The molecule has 0 saturated heterocycles. The van der Waals surface area contributed by atoms with E-state index in [0.717, 1.165) is 11.7 Å². The normalized spacial score (nSPS) is 25.8. The molecule has 0 bridgehead atoms. The predicted molar refractivity (Wildman–Crippen MR) is 75.8 cm³/mol. The molecule has 1 aliphatic carbocycles. The molecule has 2 N–H and O–H groups in total. The Hall–Kier alpha value is -1.02. The van der Waals surface area contributed by atoms with Gasteiger partial charge in [-0.2, -0.15) is 0 Å². The average Bonchev–Trinajstić information content (AvgIpc) is 2.39. The summed E-state index contributed by atoms with van der Waals surface area (Å²) in [4.78, 5) is 0. The van der Waals surface area contributed by atoms with Crippen LogP contribution in [0.1, 0.15) is 49.8 Å². The van der Waals surface area contributed by atoms with Gasteiger partial charge >= 0.3 is 0 Å². The maximum atomic E-state index is 6.43. The second-order valence-corrected chi connectivity index (χ2v) is 5.77. The van der Waals surface area contributed by atoms with E-state index in [9.17, 15) is 0 Å². The Bertz CT molecular complexity index is 394. The van der Waals surface area contributed by atoms with Crippen LogP contribution in [0.2, 0.25) is 0 Å². The van der Waals surface area contributed by atoms with Gasteiger partial charge < -0.3 is 10.5 Å². The van der Waals surface area contributed by atoms with E-state index in [2.05, 4.69) is 32.0 Å². The highest BCUT2D eigenvalue weighted by molar-refractivity contribution is 5.38. The predicted octanol–water partition coefficient (Wildman–Crippen LogP) is 3.83. The van der Waals surface area contributed by atoms with Crippen LogP contribution in [0, 0.1) is 18.8 Å². The Morgan fingerprint density at radius 1 is 1.22 bits per heavy atom. The number of nitrogens with two attached hydrogens (primary N) is 1. The van der Waals surface area contributed by atoms with Gasteiger partial charge in [0.2, 0.25) is 0 Å². The van der Waals surface area contributed by atoms with Gasteiger partial charge in [0.1, 0.15) is 5.75 Å². The minimum absolute atomic E-state index is 0.159. The fourth-order valence-electron chi connectivity index (χ4n) is 2.96. The molecular weight excluding hydrogens is 222 g/mol. The highest BCUT2D eigenvalue weighted by Gasteiger charge is 2.24. The van der Waals surface area contributed by atoms with Crippen LogP contribution in [-0.4, -0.2) is 7.11 Å². The minimum atomic E-state index is 0.159. The van der Waals surface area contributed by atoms with E-state index in [1.165, 1.54) is 36.8 Å². The molecule has 1 atom stereocenters. The van der Waals surface area contributed by atoms with Gasteiger partial charge in [0.15, 0.2) is 0 Å². The lowest BCUT2D eigenvalue weighted by Crippen LogP contribution is -2.25. The first-order valence-electron chi connectivity index (χ1n) is 7.02. The molecule has 0 heterocycles. The molecule has 2 heteroatoms. The van der Waals surface area contributed by atoms with Gasteiger partial charge in [-0.15, -0.1) is 0 Å². The van der Waals surface area contributed by atoms with Crippen molar-refractivity contribution >= 4 is 0 Å². The van der Waals surface area contributed by atoms with Crippen molar-refractivity contribution in [3.8, 4) is 5.75 Å². The molecule has 18 heavy (non-hydrogen) atoms. The summed E-state index contributed by atoms with van der Waals surface area (Å²) < 4.78 is 5.38. The molecule has 1 aromatic carbocycles. The van der Waals surface area contributed by atoms with Crippen LogP contribution in [0.5, 0.6) is 5.75 Å². The standard InChI is InChI=1S/C16H25NO/c1-11-4-7-13(8-5-11)16(17)14-9-6-12(2)15(10-14)18-3/h6,9-11,13,16H,4-5,7-8,17H2,1-3H3. The van der Waals surface area contributed by atoms with Gasteiger partial charge in [-0.3, -0.25) is 0 Å². The summed E-state index contributed by atoms with van der Waals surface area (Å²) in [6.45, 7) is 4.41. The third-order valence-corrected chi connectivity index (χ3v) is 4.39. The lowest BCUT2D eigenvalue weighted by molar-refractivity contribution is 0.256. The maximum absolute atomic E-state index is 6.43. The lowest BCUT2D eigenvalue weighted by Gasteiger charge is -2.31. The summed E-state index contributed by atoms with van der Waals surface area (Å²) in [7, 11) is 1.72. The molecule has 100 valence electrons. The number of ether oxygens (including phenoxy) is 1. The molecule has 0 aliphatic heterocycles. The molecule has 0 aromatic heterocycles. The van der Waals surface area contributed by atoms with E-state index < -0.39 is 0 Å². The van der Waals surface area contributed by atoms with Gasteiger partial charge in [-0.05, 0) is 48.8 Å². The van der Waals surface area contributed by atoms with Crippen LogP contribution in [0.3, 0.4) is 0 Å². The molecule has 1 fully saturated rings. The van der Waals surface area contributed by atoms with Crippen molar-refractivity contribution in [1.29, 1.82) is 0 Å². The number of rotatable bonds is 3. The Balaban J connectivity index is 2.10. The van der Waals surface area contributed by atoms with Crippen molar-refractivity contribution in [3.63, 3.8) is 0 Å². The van der Waals surface area contributed by atoms with Crippen molar-refractivity contribution in [2.24, 2.45) is 17.6 Å². The summed E-state index contributed by atoms with van der Waals surface area (Å²) >= 11 is 0. The Labute approximate surface area is 111 Å². The highest BCUT2D eigenvalue weighted by Crippen LogP contribution is 2.36. The largest absolute Gasteiger partial charge is 0.496 e. The third kappa shape index (κ3) is 2.86. The summed E-state index contributed by atoms with van der Waals surface area (Å²) in [5.74, 6) is 2.46. The Morgan fingerprint density at radius 3 is 2.50 bits per heavy atom. The zero-order valence-electron chi connectivity index (χ0n) is 11.8. The summed E-state index contributed by atoms with van der Waals surface area (Å²) in [6.07, 6.45) is 5.17. The van der Waals surface area contributed by atoms with Crippen LogP contribution in [0.4, 0.5) is 0 Å². The number of hydrogen-bond acceptors (Lipinski definition) is 2. The van der Waals surface area contributed by atoms with Crippen molar-refractivity contribution in [2.75, 3.05) is 7.11 Å². The van der Waals surface area contributed by atoms with E-state index in [1.54, 1.807) is 7.11 Å². The molecule has 1 aliphatic rings. The maximum Gasteiger partial charge on any atom is 0.122 e.